The van der Waals surface area contributed by atoms with Gasteiger partial charge in [0.15, 0.2) is 5.16 Å². The predicted octanol–water partition coefficient (Wildman–Crippen LogP) is 3.30. The number of thiophene rings is 1. The number of aromatic nitrogens is 2. The van der Waals surface area contributed by atoms with Crippen LogP contribution in [-0.4, -0.2) is 34.4 Å². The van der Waals surface area contributed by atoms with Gasteiger partial charge in [-0.25, -0.2) is 4.98 Å². The van der Waals surface area contributed by atoms with Crippen molar-refractivity contribution in [3.05, 3.63) is 45.6 Å². The van der Waals surface area contributed by atoms with Crippen LogP contribution < -0.4 is 15.2 Å². The third kappa shape index (κ3) is 3.35. The van der Waals surface area contributed by atoms with E-state index in [9.17, 15) is 9.59 Å². The summed E-state index contributed by atoms with van der Waals surface area (Å²) in [6.45, 7) is 5.43. The van der Waals surface area contributed by atoms with E-state index in [1.54, 1.807) is 9.47 Å². The van der Waals surface area contributed by atoms with Crippen molar-refractivity contribution in [3.8, 4) is 5.75 Å². The third-order valence-electron chi connectivity index (χ3n) is 4.45. The Morgan fingerprint density at radius 2 is 2.22 bits per heavy atom. The molecule has 2 aromatic heterocycles. The number of ether oxygens (including phenoxy) is 1. The summed E-state index contributed by atoms with van der Waals surface area (Å²) >= 11 is 2.71. The van der Waals surface area contributed by atoms with Crippen molar-refractivity contribution in [3.63, 3.8) is 0 Å². The third-order valence-corrected chi connectivity index (χ3v) is 6.30. The standard InChI is InChI=1S/C19H19N3O3S2/c1-3-21-18(24)17-13(6-9-26-17)20-19(21)27-11-16(23)22-7-8-25-15-5-4-12(2)10-14(15)22/h4-6,9-10H,3,7-8,11H2,1-2H3. The Morgan fingerprint density at radius 1 is 1.37 bits per heavy atom. The highest BCUT2D eigenvalue weighted by atomic mass is 32.2. The molecule has 0 N–H and O–H groups in total. The van der Waals surface area contributed by atoms with Crippen LogP contribution in [-0.2, 0) is 11.3 Å². The van der Waals surface area contributed by atoms with E-state index in [4.69, 9.17) is 4.74 Å². The van der Waals surface area contributed by atoms with Gasteiger partial charge in [0.1, 0.15) is 17.1 Å². The van der Waals surface area contributed by atoms with Gasteiger partial charge in [0, 0.05) is 6.54 Å². The molecule has 0 aliphatic carbocycles. The minimum Gasteiger partial charge on any atom is -0.490 e. The van der Waals surface area contributed by atoms with E-state index in [-0.39, 0.29) is 17.2 Å². The van der Waals surface area contributed by atoms with Crippen molar-refractivity contribution in [2.75, 3.05) is 23.8 Å². The Labute approximate surface area is 164 Å². The molecule has 0 spiro atoms. The minimum atomic E-state index is -0.0419. The number of hydrogen-bond donors (Lipinski definition) is 0. The highest BCUT2D eigenvalue weighted by Gasteiger charge is 2.24. The Morgan fingerprint density at radius 3 is 3.04 bits per heavy atom. The molecule has 1 aromatic carbocycles. The van der Waals surface area contributed by atoms with E-state index in [0.717, 1.165) is 17.0 Å². The zero-order chi connectivity index (χ0) is 19.0. The molecule has 1 amide bonds. The van der Waals surface area contributed by atoms with Gasteiger partial charge in [-0.05, 0) is 43.0 Å². The molecule has 3 heterocycles. The number of benzene rings is 1. The van der Waals surface area contributed by atoms with E-state index >= 15 is 0 Å². The molecule has 0 unspecified atom stereocenters. The number of nitrogens with zero attached hydrogens (tertiary/aromatic N) is 3. The molecular formula is C19H19N3O3S2. The maximum atomic E-state index is 12.9. The van der Waals surface area contributed by atoms with Crippen LogP contribution in [0.25, 0.3) is 10.2 Å². The summed E-state index contributed by atoms with van der Waals surface area (Å²) in [6, 6.07) is 7.68. The van der Waals surface area contributed by atoms with Crippen LogP contribution in [0.1, 0.15) is 12.5 Å². The zero-order valence-electron chi connectivity index (χ0n) is 15.1. The summed E-state index contributed by atoms with van der Waals surface area (Å²) in [5, 5.41) is 2.45. The lowest BCUT2D eigenvalue weighted by atomic mass is 10.1. The second-order valence-corrected chi connectivity index (χ2v) is 8.09. The number of anilines is 1. The van der Waals surface area contributed by atoms with Gasteiger partial charge in [-0.3, -0.25) is 14.2 Å². The Balaban J connectivity index is 1.58. The van der Waals surface area contributed by atoms with Crippen molar-refractivity contribution < 1.29 is 9.53 Å². The predicted molar refractivity (Wildman–Crippen MR) is 109 cm³/mol. The molecule has 0 saturated carbocycles. The van der Waals surface area contributed by atoms with Crippen molar-refractivity contribution in [1.29, 1.82) is 0 Å². The molecule has 1 aliphatic rings. The highest BCUT2D eigenvalue weighted by Crippen LogP contribution is 2.33. The van der Waals surface area contributed by atoms with Crippen LogP contribution in [0, 0.1) is 6.92 Å². The number of carbonyl (C=O) groups excluding carboxylic acids is 1. The topological polar surface area (TPSA) is 64.4 Å². The SMILES string of the molecule is CCn1c(SCC(=O)N2CCOc3ccc(C)cc32)nc2ccsc2c1=O. The fraction of sp³-hybridized carbons (Fsp3) is 0.316. The van der Waals surface area contributed by atoms with Gasteiger partial charge in [0.05, 0.1) is 23.5 Å². The molecule has 0 bridgehead atoms. The molecule has 140 valence electrons. The lowest BCUT2D eigenvalue weighted by Gasteiger charge is -2.29. The Kier molecular flexibility index (Phi) is 4.92. The van der Waals surface area contributed by atoms with Gasteiger partial charge in [-0.1, -0.05) is 17.8 Å². The molecule has 0 radical (unpaired) electrons. The van der Waals surface area contributed by atoms with Crippen LogP contribution in [0.5, 0.6) is 5.75 Å². The van der Waals surface area contributed by atoms with Crippen molar-refractivity contribution in [2.24, 2.45) is 0 Å². The molecule has 27 heavy (non-hydrogen) atoms. The molecule has 4 rings (SSSR count). The van der Waals surface area contributed by atoms with E-state index in [1.807, 2.05) is 43.5 Å². The molecular weight excluding hydrogens is 382 g/mol. The number of amides is 1. The number of hydrogen-bond acceptors (Lipinski definition) is 6. The van der Waals surface area contributed by atoms with Crippen LogP contribution in [0.2, 0.25) is 0 Å². The molecule has 3 aromatic rings. The van der Waals surface area contributed by atoms with Gasteiger partial charge in [-0.2, -0.15) is 0 Å². The first-order valence-electron chi connectivity index (χ1n) is 8.73. The second-order valence-electron chi connectivity index (χ2n) is 6.23. The average molecular weight is 402 g/mol. The van der Waals surface area contributed by atoms with Gasteiger partial charge < -0.3 is 9.64 Å². The highest BCUT2D eigenvalue weighted by molar-refractivity contribution is 7.99. The molecule has 6 nitrogen and oxygen atoms in total. The van der Waals surface area contributed by atoms with Crippen molar-refractivity contribution >= 4 is 44.9 Å². The van der Waals surface area contributed by atoms with Gasteiger partial charge in [0.2, 0.25) is 5.91 Å². The fourth-order valence-electron chi connectivity index (χ4n) is 3.10. The number of carbonyl (C=O) groups is 1. The minimum absolute atomic E-state index is 0.0162. The number of thioether (sulfide) groups is 1. The maximum Gasteiger partial charge on any atom is 0.272 e. The van der Waals surface area contributed by atoms with Gasteiger partial charge >= 0.3 is 0 Å². The largest absolute Gasteiger partial charge is 0.490 e. The molecule has 8 heteroatoms. The number of aryl methyl sites for hydroxylation is 1. The Hall–Kier alpha value is -2.32. The zero-order valence-corrected chi connectivity index (χ0v) is 16.7. The first kappa shape index (κ1) is 18.1. The van der Waals surface area contributed by atoms with Crippen LogP contribution in [0.4, 0.5) is 5.69 Å². The van der Waals surface area contributed by atoms with Gasteiger partial charge in [-0.15, -0.1) is 11.3 Å². The summed E-state index contributed by atoms with van der Waals surface area (Å²) in [4.78, 5) is 31.8. The van der Waals surface area contributed by atoms with Crippen LogP contribution in [0.3, 0.4) is 0 Å². The summed E-state index contributed by atoms with van der Waals surface area (Å²) in [6.07, 6.45) is 0. The summed E-state index contributed by atoms with van der Waals surface area (Å²) in [5.41, 5.74) is 2.53. The fourth-order valence-corrected chi connectivity index (χ4v) is 4.82. The number of fused-ring (bicyclic) bond motifs is 2. The number of rotatable bonds is 4. The summed E-state index contributed by atoms with van der Waals surface area (Å²) in [5.74, 6) is 0.932. The lowest BCUT2D eigenvalue weighted by molar-refractivity contribution is -0.116. The van der Waals surface area contributed by atoms with E-state index in [1.165, 1.54) is 23.1 Å². The normalized spacial score (nSPS) is 13.5. The second kappa shape index (κ2) is 7.36. The van der Waals surface area contributed by atoms with E-state index < -0.39 is 0 Å². The summed E-state index contributed by atoms with van der Waals surface area (Å²) in [7, 11) is 0. The van der Waals surface area contributed by atoms with Crippen molar-refractivity contribution in [1.82, 2.24) is 9.55 Å². The quantitative estimate of drug-likeness (QED) is 0.496. The van der Waals surface area contributed by atoms with E-state index in [2.05, 4.69) is 4.98 Å². The first-order valence-corrected chi connectivity index (χ1v) is 10.6. The van der Waals surface area contributed by atoms with Crippen LogP contribution in [0.15, 0.2) is 39.6 Å². The lowest BCUT2D eigenvalue weighted by Crippen LogP contribution is -2.39. The molecule has 1 aliphatic heterocycles. The molecule has 0 atom stereocenters. The van der Waals surface area contributed by atoms with Crippen molar-refractivity contribution in [2.45, 2.75) is 25.5 Å². The maximum absolute atomic E-state index is 12.9. The van der Waals surface area contributed by atoms with E-state index in [0.29, 0.717) is 35.1 Å². The monoisotopic (exact) mass is 401 g/mol. The smallest absolute Gasteiger partial charge is 0.272 e. The van der Waals surface area contributed by atoms with Crippen LogP contribution >= 0.6 is 23.1 Å². The molecule has 0 saturated heterocycles. The Bertz CT molecular complexity index is 1070. The first-order chi connectivity index (χ1) is 13.1. The summed E-state index contributed by atoms with van der Waals surface area (Å²) < 4.78 is 7.95. The average Bonchev–Trinajstić information content (AvgIpc) is 3.14. The van der Waals surface area contributed by atoms with Gasteiger partial charge in [0.25, 0.3) is 5.56 Å². The molecule has 0 fully saturated rings.